The van der Waals surface area contributed by atoms with Crippen molar-refractivity contribution >= 4 is 5.97 Å². The topological polar surface area (TPSA) is 26.3 Å². The Hall–Kier alpha value is -0.790. The van der Waals surface area contributed by atoms with Gasteiger partial charge in [-0.3, -0.25) is 4.79 Å². The summed E-state index contributed by atoms with van der Waals surface area (Å²) in [5.74, 6) is 1.85. The van der Waals surface area contributed by atoms with Gasteiger partial charge in [-0.05, 0) is 50.4 Å². The lowest BCUT2D eigenvalue weighted by atomic mass is 9.69. The number of fused-ring (bicyclic) bond motifs is 3. The first kappa shape index (κ1) is 11.1. The first-order valence-corrected chi connectivity index (χ1v) is 7.54. The molecule has 1 spiro atoms. The fourth-order valence-corrected chi connectivity index (χ4v) is 5.21. The minimum Gasteiger partial charge on any atom is -0.459 e. The number of rotatable bonds is 1. The normalized spacial score (nSPS) is 50.6. The molecule has 1 aliphatic heterocycles. The molecule has 0 radical (unpaired) electrons. The van der Waals surface area contributed by atoms with E-state index < -0.39 is 0 Å². The molecule has 1 saturated heterocycles. The largest absolute Gasteiger partial charge is 0.459 e. The van der Waals surface area contributed by atoms with Gasteiger partial charge in [-0.2, -0.15) is 0 Å². The molecule has 18 heavy (non-hydrogen) atoms. The molecule has 2 bridgehead atoms. The molecule has 0 N–H and O–H groups in total. The van der Waals surface area contributed by atoms with Gasteiger partial charge in [-0.15, -0.1) is 0 Å². The summed E-state index contributed by atoms with van der Waals surface area (Å²) in [5.41, 5.74) is -0.303. The van der Waals surface area contributed by atoms with Crippen LogP contribution in [0.2, 0.25) is 0 Å². The molecule has 0 aromatic rings. The zero-order chi connectivity index (χ0) is 12.4. The predicted molar refractivity (Wildman–Crippen MR) is 68.9 cm³/mol. The van der Waals surface area contributed by atoms with Gasteiger partial charge in [0.1, 0.15) is 5.60 Å². The van der Waals surface area contributed by atoms with Crippen LogP contribution in [0.1, 0.15) is 51.9 Å². The summed E-state index contributed by atoms with van der Waals surface area (Å²) in [6.45, 7) is 2.20. The van der Waals surface area contributed by atoms with Crippen molar-refractivity contribution < 1.29 is 9.53 Å². The van der Waals surface area contributed by atoms with Gasteiger partial charge >= 0.3 is 5.97 Å². The minimum atomic E-state index is -0.161. The van der Waals surface area contributed by atoms with E-state index in [-0.39, 0.29) is 17.0 Å². The third kappa shape index (κ3) is 1.27. The van der Waals surface area contributed by atoms with Crippen LogP contribution in [-0.4, -0.2) is 11.6 Å². The number of carbonyl (C=O) groups excluding carboxylic acids is 1. The summed E-state index contributed by atoms with van der Waals surface area (Å²) < 4.78 is 5.95. The maximum Gasteiger partial charge on any atom is 0.313 e. The number of hydrogen-bond acceptors (Lipinski definition) is 2. The lowest BCUT2D eigenvalue weighted by Crippen LogP contribution is -2.34. The van der Waals surface area contributed by atoms with Gasteiger partial charge < -0.3 is 4.74 Å². The second kappa shape index (κ2) is 3.40. The van der Waals surface area contributed by atoms with Gasteiger partial charge in [-0.1, -0.05) is 25.0 Å². The third-order valence-electron chi connectivity index (χ3n) is 6.13. The molecule has 2 nitrogen and oxygen atoms in total. The van der Waals surface area contributed by atoms with Crippen LogP contribution in [0.5, 0.6) is 0 Å². The fourth-order valence-electron chi connectivity index (χ4n) is 5.21. The van der Waals surface area contributed by atoms with Crippen molar-refractivity contribution in [3.05, 3.63) is 12.2 Å². The standard InChI is InChI=1S/C16H22O2/c1-15(12-4-2-3-5-12)10-16(14(17)18-15)9-11-6-7-13(16)8-11/h6-7,11-13H,2-5,8-10H2,1H3. The smallest absolute Gasteiger partial charge is 0.313 e. The monoisotopic (exact) mass is 246 g/mol. The number of cyclic esters (lactones) is 1. The van der Waals surface area contributed by atoms with Gasteiger partial charge in [-0.25, -0.2) is 0 Å². The van der Waals surface area contributed by atoms with E-state index in [0.717, 1.165) is 12.8 Å². The van der Waals surface area contributed by atoms with Crippen molar-refractivity contribution in [3.63, 3.8) is 0 Å². The second-order valence-corrected chi connectivity index (χ2v) is 7.21. The summed E-state index contributed by atoms with van der Waals surface area (Å²) in [6, 6.07) is 0. The lowest BCUT2D eigenvalue weighted by molar-refractivity contribution is -0.157. The molecule has 4 aliphatic rings. The van der Waals surface area contributed by atoms with Crippen LogP contribution in [0.4, 0.5) is 0 Å². The third-order valence-corrected chi connectivity index (χ3v) is 6.13. The quantitative estimate of drug-likeness (QED) is 0.523. The molecular formula is C16H22O2. The number of ether oxygens (including phenoxy) is 1. The van der Waals surface area contributed by atoms with Crippen molar-refractivity contribution in [2.24, 2.45) is 23.2 Å². The maximum absolute atomic E-state index is 12.5. The average molecular weight is 246 g/mol. The van der Waals surface area contributed by atoms with Crippen molar-refractivity contribution in [2.45, 2.75) is 57.5 Å². The Kier molecular flexibility index (Phi) is 2.09. The molecule has 98 valence electrons. The Balaban J connectivity index is 1.65. The van der Waals surface area contributed by atoms with E-state index in [1.165, 1.54) is 32.1 Å². The predicted octanol–water partition coefficient (Wildman–Crippen LogP) is 3.46. The van der Waals surface area contributed by atoms with Crippen molar-refractivity contribution in [2.75, 3.05) is 0 Å². The molecule has 4 rings (SSSR count). The number of esters is 1. The molecule has 0 aromatic carbocycles. The highest BCUT2D eigenvalue weighted by molar-refractivity contribution is 5.81. The zero-order valence-corrected chi connectivity index (χ0v) is 11.2. The molecule has 4 unspecified atom stereocenters. The Morgan fingerprint density at radius 2 is 2.06 bits per heavy atom. The SMILES string of the molecule is CC1(C2CCCC2)CC2(CC3C=CC2C3)C(=O)O1. The summed E-state index contributed by atoms with van der Waals surface area (Å²) >= 11 is 0. The Morgan fingerprint density at radius 3 is 2.67 bits per heavy atom. The Labute approximate surface area is 109 Å². The average Bonchev–Trinajstić information content (AvgIpc) is 3.06. The highest BCUT2D eigenvalue weighted by Gasteiger charge is 2.64. The van der Waals surface area contributed by atoms with Gasteiger partial charge in [0.2, 0.25) is 0 Å². The second-order valence-electron chi connectivity index (χ2n) is 7.21. The Bertz CT molecular complexity index is 421. The number of allylic oxidation sites excluding steroid dienone is 2. The van der Waals surface area contributed by atoms with Crippen LogP contribution in [0.15, 0.2) is 12.2 Å². The summed E-state index contributed by atoms with van der Waals surface area (Å²) in [7, 11) is 0. The lowest BCUT2D eigenvalue weighted by Gasteiger charge is -2.32. The summed E-state index contributed by atoms with van der Waals surface area (Å²) in [5, 5.41) is 0. The number of carbonyl (C=O) groups is 1. The van der Waals surface area contributed by atoms with E-state index >= 15 is 0 Å². The van der Waals surface area contributed by atoms with E-state index in [0.29, 0.717) is 17.8 Å². The van der Waals surface area contributed by atoms with Crippen LogP contribution in [0, 0.1) is 23.2 Å². The molecule has 1 heterocycles. The van der Waals surface area contributed by atoms with Gasteiger partial charge in [0.25, 0.3) is 0 Å². The van der Waals surface area contributed by atoms with Gasteiger partial charge in [0, 0.05) is 6.42 Å². The van der Waals surface area contributed by atoms with E-state index in [1.807, 2.05) is 0 Å². The zero-order valence-electron chi connectivity index (χ0n) is 11.2. The highest BCUT2D eigenvalue weighted by atomic mass is 16.6. The first-order chi connectivity index (χ1) is 8.62. The van der Waals surface area contributed by atoms with E-state index in [4.69, 9.17) is 4.74 Å². The van der Waals surface area contributed by atoms with Crippen molar-refractivity contribution in [3.8, 4) is 0 Å². The van der Waals surface area contributed by atoms with Crippen LogP contribution in [0.25, 0.3) is 0 Å². The van der Waals surface area contributed by atoms with E-state index in [2.05, 4.69) is 19.1 Å². The van der Waals surface area contributed by atoms with Crippen molar-refractivity contribution in [1.29, 1.82) is 0 Å². The molecule has 4 atom stereocenters. The van der Waals surface area contributed by atoms with Crippen LogP contribution < -0.4 is 0 Å². The van der Waals surface area contributed by atoms with E-state index in [1.54, 1.807) is 0 Å². The van der Waals surface area contributed by atoms with Crippen LogP contribution in [-0.2, 0) is 9.53 Å². The maximum atomic E-state index is 12.5. The molecule has 0 aromatic heterocycles. The van der Waals surface area contributed by atoms with Gasteiger partial charge in [0.15, 0.2) is 0 Å². The molecule has 3 aliphatic carbocycles. The first-order valence-electron chi connectivity index (χ1n) is 7.54. The van der Waals surface area contributed by atoms with Crippen LogP contribution in [0.3, 0.4) is 0 Å². The number of hydrogen-bond donors (Lipinski definition) is 0. The van der Waals surface area contributed by atoms with Gasteiger partial charge in [0.05, 0.1) is 5.41 Å². The molecular weight excluding hydrogens is 224 g/mol. The molecule has 2 saturated carbocycles. The molecule has 3 fully saturated rings. The minimum absolute atomic E-state index is 0.119. The highest BCUT2D eigenvalue weighted by Crippen LogP contribution is 2.62. The summed E-state index contributed by atoms with van der Waals surface area (Å²) in [4.78, 5) is 12.5. The van der Waals surface area contributed by atoms with Crippen LogP contribution >= 0.6 is 0 Å². The molecule has 2 heteroatoms. The van der Waals surface area contributed by atoms with E-state index in [9.17, 15) is 4.79 Å². The summed E-state index contributed by atoms with van der Waals surface area (Å²) in [6.07, 6.45) is 13.0. The molecule has 0 amide bonds. The Morgan fingerprint density at radius 1 is 1.28 bits per heavy atom. The van der Waals surface area contributed by atoms with Crippen molar-refractivity contribution in [1.82, 2.24) is 0 Å². The fraction of sp³-hybridized carbons (Fsp3) is 0.812.